The number of pyridine rings is 1. The van der Waals surface area contributed by atoms with E-state index in [1.807, 2.05) is 37.3 Å². The topological polar surface area (TPSA) is 50.1 Å². The summed E-state index contributed by atoms with van der Waals surface area (Å²) in [5.41, 5.74) is 6.12. The first kappa shape index (κ1) is 10.7. The quantitative estimate of drug-likeness (QED) is 0.723. The Bertz CT molecular complexity index is 689. The van der Waals surface area contributed by atoms with Crippen LogP contribution in [-0.2, 0) is 0 Å². The number of aromatic nitrogens is 2. The molecule has 4 heteroatoms. The number of hydrogen-bond donors (Lipinski definition) is 2. The fraction of sp³-hybridized carbons (Fsp3) is 0.0714. The zero-order valence-corrected chi connectivity index (χ0v) is 9.96. The maximum atomic E-state index is 9.97. The normalized spacial score (nSPS) is 10.7. The number of anilines is 1. The van der Waals surface area contributed by atoms with Gasteiger partial charge in [-0.2, -0.15) is 0 Å². The number of rotatable bonds is 2. The van der Waals surface area contributed by atoms with Gasteiger partial charge in [-0.1, -0.05) is 12.1 Å². The lowest BCUT2D eigenvalue weighted by Gasteiger charge is -2.10. The van der Waals surface area contributed by atoms with Crippen LogP contribution in [0, 0.1) is 6.92 Å². The summed E-state index contributed by atoms with van der Waals surface area (Å²) in [6.07, 6.45) is 3.41. The van der Waals surface area contributed by atoms with Crippen LogP contribution in [0.15, 0.2) is 48.8 Å². The molecule has 2 aromatic heterocycles. The van der Waals surface area contributed by atoms with E-state index in [1.54, 1.807) is 23.1 Å². The minimum atomic E-state index is 0.187. The first-order chi connectivity index (χ1) is 8.74. The summed E-state index contributed by atoms with van der Waals surface area (Å²) in [6.45, 7) is 2.03. The van der Waals surface area contributed by atoms with E-state index in [-0.39, 0.29) is 5.88 Å². The Morgan fingerprint density at radius 2 is 1.89 bits per heavy atom. The summed E-state index contributed by atoms with van der Waals surface area (Å²) in [5, 5.41) is 11.0. The average Bonchev–Trinajstić information content (AvgIpc) is 2.67. The highest BCUT2D eigenvalue weighted by Crippen LogP contribution is 2.25. The van der Waals surface area contributed by atoms with Gasteiger partial charge in [0.2, 0.25) is 5.88 Å². The molecule has 0 atom stereocenters. The van der Waals surface area contributed by atoms with Crippen LogP contribution in [0.4, 0.5) is 5.69 Å². The predicted octanol–water partition coefficient (Wildman–Crippen LogP) is 2.93. The minimum absolute atomic E-state index is 0.187. The van der Waals surface area contributed by atoms with Gasteiger partial charge in [-0.05, 0) is 30.7 Å². The molecule has 3 aromatic rings. The molecule has 0 radical (unpaired) electrons. The van der Waals surface area contributed by atoms with E-state index in [2.05, 4.69) is 10.4 Å². The van der Waals surface area contributed by atoms with Gasteiger partial charge < -0.3 is 5.11 Å². The minimum Gasteiger partial charge on any atom is -0.493 e. The Hall–Kier alpha value is -2.49. The molecule has 0 aliphatic heterocycles. The third-order valence-corrected chi connectivity index (χ3v) is 2.86. The van der Waals surface area contributed by atoms with Gasteiger partial charge in [0.05, 0.1) is 11.2 Å². The van der Waals surface area contributed by atoms with Crippen LogP contribution in [-0.4, -0.2) is 14.8 Å². The van der Waals surface area contributed by atoms with Crippen molar-refractivity contribution in [2.45, 2.75) is 6.92 Å². The number of benzene rings is 1. The Kier molecular flexibility index (Phi) is 2.41. The van der Waals surface area contributed by atoms with Crippen molar-refractivity contribution < 1.29 is 5.11 Å². The molecule has 0 saturated heterocycles. The Morgan fingerprint density at radius 1 is 1.11 bits per heavy atom. The molecule has 0 spiro atoms. The van der Waals surface area contributed by atoms with Gasteiger partial charge in [0.1, 0.15) is 0 Å². The molecule has 0 aliphatic carbocycles. The van der Waals surface area contributed by atoms with E-state index in [0.29, 0.717) is 0 Å². The Labute approximate surface area is 104 Å². The Morgan fingerprint density at radius 3 is 2.67 bits per heavy atom. The van der Waals surface area contributed by atoms with Crippen molar-refractivity contribution in [1.82, 2.24) is 9.66 Å². The van der Waals surface area contributed by atoms with E-state index in [0.717, 1.165) is 22.2 Å². The van der Waals surface area contributed by atoms with E-state index in [1.165, 1.54) is 0 Å². The molecule has 4 nitrogen and oxygen atoms in total. The molecule has 90 valence electrons. The monoisotopic (exact) mass is 239 g/mol. The van der Waals surface area contributed by atoms with Crippen molar-refractivity contribution in [3.8, 4) is 5.88 Å². The summed E-state index contributed by atoms with van der Waals surface area (Å²) in [6, 6.07) is 11.5. The third-order valence-electron chi connectivity index (χ3n) is 2.86. The predicted molar refractivity (Wildman–Crippen MR) is 71.6 cm³/mol. The van der Waals surface area contributed by atoms with Crippen LogP contribution in [0.1, 0.15) is 5.56 Å². The molecule has 0 fully saturated rings. The van der Waals surface area contributed by atoms with Crippen molar-refractivity contribution in [2.24, 2.45) is 0 Å². The second-order valence-electron chi connectivity index (χ2n) is 4.25. The van der Waals surface area contributed by atoms with Gasteiger partial charge in [-0.3, -0.25) is 10.4 Å². The van der Waals surface area contributed by atoms with Gasteiger partial charge >= 0.3 is 0 Å². The largest absolute Gasteiger partial charge is 0.493 e. The van der Waals surface area contributed by atoms with Crippen LogP contribution in [0.5, 0.6) is 5.88 Å². The highest BCUT2D eigenvalue weighted by Gasteiger charge is 2.07. The van der Waals surface area contributed by atoms with E-state index in [9.17, 15) is 5.11 Å². The van der Waals surface area contributed by atoms with Crippen molar-refractivity contribution in [3.05, 3.63) is 54.4 Å². The van der Waals surface area contributed by atoms with Crippen LogP contribution >= 0.6 is 0 Å². The molecule has 0 bridgehead atoms. The number of fused-ring (bicyclic) bond motifs is 1. The first-order valence-corrected chi connectivity index (χ1v) is 5.72. The van der Waals surface area contributed by atoms with Crippen LogP contribution in [0.2, 0.25) is 0 Å². The molecule has 18 heavy (non-hydrogen) atoms. The smallest absolute Gasteiger partial charge is 0.211 e. The summed E-state index contributed by atoms with van der Waals surface area (Å²) in [5.74, 6) is 0.187. The number of nitrogens with one attached hydrogen (secondary N) is 1. The molecule has 0 unspecified atom stereocenters. The SMILES string of the molecule is Cc1ccc2cc(O)n(Nc3ccncc3)c2c1. The fourth-order valence-electron chi connectivity index (χ4n) is 1.97. The lowest BCUT2D eigenvalue weighted by molar-refractivity contribution is 0.439. The Balaban J connectivity index is 2.11. The number of aromatic hydroxyl groups is 1. The number of nitrogens with zero attached hydrogens (tertiary/aromatic N) is 2. The number of hydrogen-bond acceptors (Lipinski definition) is 3. The molecule has 3 rings (SSSR count). The van der Waals surface area contributed by atoms with Crippen molar-refractivity contribution in [3.63, 3.8) is 0 Å². The van der Waals surface area contributed by atoms with Gasteiger partial charge in [0, 0.05) is 23.8 Å². The molecule has 2 N–H and O–H groups in total. The summed E-state index contributed by atoms with van der Waals surface area (Å²) >= 11 is 0. The highest BCUT2D eigenvalue weighted by atomic mass is 16.3. The molecule has 0 amide bonds. The molecule has 1 aromatic carbocycles. The molecular weight excluding hydrogens is 226 g/mol. The zero-order chi connectivity index (χ0) is 12.5. The van der Waals surface area contributed by atoms with Crippen molar-refractivity contribution in [1.29, 1.82) is 0 Å². The van der Waals surface area contributed by atoms with Gasteiger partial charge in [-0.15, -0.1) is 0 Å². The van der Waals surface area contributed by atoms with Gasteiger partial charge in [0.15, 0.2) is 0 Å². The standard InChI is InChI=1S/C14H13N3O/c1-10-2-3-11-9-14(18)17(13(11)8-10)16-12-4-6-15-7-5-12/h2-9,18H,1H3,(H,15,16). The second kappa shape index (κ2) is 4.07. The van der Waals surface area contributed by atoms with Crippen molar-refractivity contribution >= 4 is 16.6 Å². The highest BCUT2D eigenvalue weighted by molar-refractivity contribution is 5.83. The average molecular weight is 239 g/mol. The zero-order valence-electron chi connectivity index (χ0n) is 9.96. The first-order valence-electron chi connectivity index (χ1n) is 5.72. The maximum absolute atomic E-state index is 9.97. The second-order valence-corrected chi connectivity index (χ2v) is 4.25. The van der Waals surface area contributed by atoms with Crippen LogP contribution in [0.3, 0.4) is 0 Å². The van der Waals surface area contributed by atoms with E-state index >= 15 is 0 Å². The lowest BCUT2D eigenvalue weighted by Crippen LogP contribution is -2.07. The molecular formula is C14H13N3O. The van der Waals surface area contributed by atoms with Gasteiger partial charge in [0.25, 0.3) is 0 Å². The molecule has 0 aliphatic rings. The van der Waals surface area contributed by atoms with Gasteiger partial charge in [-0.25, -0.2) is 4.68 Å². The fourth-order valence-corrected chi connectivity index (χ4v) is 1.97. The maximum Gasteiger partial charge on any atom is 0.211 e. The van der Waals surface area contributed by atoms with Crippen LogP contribution in [0.25, 0.3) is 10.9 Å². The summed E-state index contributed by atoms with van der Waals surface area (Å²) < 4.78 is 1.66. The molecule has 2 heterocycles. The van der Waals surface area contributed by atoms with E-state index in [4.69, 9.17) is 0 Å². The van der Waals surface area contributed by atoms with E-state index < -0.39 is 0 Å². The number of aryl methyl sites for hydroxylation is 1. The summed E-state index contributed by atoms with van der Waals surface area (Å²) in [4.78, 5) is 3.96. The molecule has 0 saturated carbocycles. The van der Waals surface area contributed by atoms with Crippen LogP contribution < -0.4 is 5.43 Å². The van der Waals surface area contributed by atoms with Crippen molar-refractivity contribution in [2.75, 3.05) is 5.43 Å². The third kappa shape index (κ3) is 1.78. The lowest BCUT2D eigenvalue weighted by atomic mass is 10.2. The summed E-state index contributed by atoms with van der Waals surface area (Å²) in [7, 11) is 0.